The lowest BCUT2D eigenvalue weighted by Gasteiger charge is -2.31. The Morgan fingerprint density at radius 1 is 1.43 bits per heavy atom. The van der Waals surface area contributed by atoms with Crippen LogP contribution < -0.4 is 10.6 Å². The summed E-state index contributed by atoms with van der Waals surface area (Å²) in [4.78, 5) is 25.9. The highest BCUT2D eigenvalue weighted by molar-refractivity contribution is 7.14. The zero-order valence-electron chi connectivity index (χ0n) is 12.6. The predicted molar refractivity (Wildman–Crippen MR) is 85.5 cm³/mol. The van der Waals surface area contributed by atoms with Crippen LogP contribution in [0.1, 0.15) is 33.1 Å². The molecule has 1 unspecified atom stereocenters. The maximum atomic E-state index is 12.1. The molecule has 21 heavy (non-hydrogen) atoms. The Morgan fingerprint density at radius 3 is 2.71 bits per heavy atom. The minimum absolute atomic E-state index is 0.0322. The molecule has 2 N–H and O–H groups in total. The molecule has 5 nitrogen and oxygen atoms in total. The van der Waals surface area contributed by atoms with Gasteiger partial charge in [-0.05, 0) is 43.7 Å². The first-order valence-electron chi connectivity index (χ1n) is 7.50. The second-order valence-corrected chi connectivity index (χ2v) is 6.43. The van der Waals surface area contributed by atoms with E-state index in [1.807, 2.05) is 24.4 Å². The fourth-order valence-corrected chi connectivity index (χ4v) is 2.95. The first-order valence-corrected chi connectivity index (χ1v) is 8.38. The van der Waals surface area contributed by atoms with Gasteiger partial charge in [0, 0.05) is 25.0 Å². The van der Waals surface area contributed by atoms with Crippen LogP contribution in [0.15, 0.2) is 17.5 Å². The molecular weight excluding hydrogens is 286 g/mol. The predicted octanol–water partition coefficient (Wildman–Crippen LogP) is 2.91. The van der Waals surface area contributed by atoms with Crippen LogP contribution in [0, 0.1) is 5.92 Å². The summed E-state index contributed by atoms with van der Waals surface area (Å²) in [5.74, 6) is 0.160. The number of likely N-dealkylation sites (tertiary alicyclic amines) is 1. The molecule has 0 spiro atoms. The topological polar surface area (TPSA) is 61.4 Å². The smallest absolute Gasteiger partial charge is 0.322 e. The molecule has 1 aromatic rings. The lowest BCUT2D eigenvalue weighted by atomic mass is 9.95. The normalized spacial score (nSPS) is 17.3. The molecule has 1 fully saturated rings. The van der Waals surface area contributed by atoms with E-state index < -0.39 is 0 Å². The average molecular weight is 309 g/mol. The molecule has 6 heteroatoms. The summed E-state index contributed by atoms with van der Waals surface area (Å²) >= 11 is 1.51. The standard InChI is InChI=1S/C15H23N3O2S/c1-3-11(2)16-14(19)12-6-8-18(9-7-12)15(20)17-13-5-4-10-21-13/h4-5,10-12H,3,6-9H2,1-2H3,(H,16,19)(H,17,20). The van der Waals surface area contributed by atoms with E-state index in [1.165, 1.54) is 11.3 Å². The highest BCUT2D eigenvalue weighted by atomic mass is 32.1. The van der Waals surface area contributed by atoms with Crippen molar-refractivity contribution in [2.45, 2.75) is 39.2 Å². The van der Waals surface area contributed by atoms with Crippen molar-refractivity contribution < 1.29 is 9.59 Å². The zero-order chi connectivity index (χ0) is 15.2. The Morgan fingerprint density at radius 2 is 2.14 bits per heavy atom. The number of amides is 3. The van der Waals surface area contributed by atoms with Crippen LogP contribution in [0.4, 0.5) is 9.80 Å². The van der Waals surface area contributed by atoms with Crippen LogP contribution in [0.25, 0.3) is 0 Å². The molecule has 1 aliphatic rings. The molecule has 0 bridgehead atoms. The summed E-state index contributed by atoms with van der Waals surface area (Å²) in [6, 6.07) is 3.94. The van der Waals surface area contributed by atoms with Crippen molar-refractivity contribution in [1.82, 2.24) is 10.2 Å². The molecule has 1 saturated heterocycles. The Hall–Kier alpha value is -1.56. The van der Waals surface area contributed by atoms with E-state index >= 15 is 0 Å². The van der Waals surface area contributed by atoms with Gasteiger partial charge >= 0.3 is 6.03 Å². The third-order valence-corrected chi connectivity index (χ3v) is 4.69. The van der Waals surface area contributed by atoms with Gasteiger partial charge < -0.3 is 10.2 Å². The first-order chi connectivity index (χ1) is 10.1. The molecule has 2 rings (SSSR count). The number of rotatable bonds is 4. The Bertz CT molecular complexity index is 467. The maximum absolute atomic E-state index is 12.1. The van der Waals surface area contributed by atoms with E-state index in [-0.39, 0.29) is 23.9 Å². The van der Waals surface area contributed by atoms with Crippen molar-refractivity contribution >= 4 is 28.3 Å². The van der Waals surface area contributed by atoms with Gasteiger partial charge in [0.15, 0.2) is 0 Å². The van der Waals surface area contributed by atoms with Crippen molar-refractivity contribution in [2.75, 3.05) is 18.4 Å². The maximum Gasteiger partial charge on any atom is 0.322 e. The molecule has 0 saturated carbocycles. The third-order valence-electron chi connectivity index (χ3n) is 3.91. The summed E-state index contributed by atoms with van der Waals surface area (Å²) in [7, 11) is 0. The number of piperidine rings is 1. The zero-order valence-corrected chi connectivity index (χ0v) is 13.4. The molecule has 0 aliphatic carbocycles. The molecule has 1 atom stereocenters. The van der Waals surface area contributed by atoms with E-state index in [9.17, 15) is 9.59 Å². The molecule has 0 aromatic carbocycles. The molecule has 3 amide bonds. The third kappa shape index (κ3) is 4.46. The van der Waals surface area contributed by atoms with Gasteiger partial charge in [0.2, 0.25) is 5.91 Å². The fourth-order valence-electron chi connectivity index (χ4n) is 2.34. The second kappa shape index (κ2) is 7.45. The summed E-state index contributed by atoms with van der Waals surface area (Å²) < 4.78 is 0. The van der Waals surface area contributed by atoms with Crippen LogP contribution in [0.2, 0.25) is 0 Å². The highest BCUT2D eigenvalue weighted by Crippen LogP contribution is 2.20. The number of thiophene rings is 1. The minimum Gasteiger partial charge on any atom is -0.353 e. The van der Waals surface area contributed by atoms with Crippen LogP contribution in [0.3, 0.4) is 0 Å². The number of hydrogen-bond acceptors (Lipinski definition) is 3. The molecule has 1 aliphatic heterocycles. The summed E-state index contributed by atoms with van der Waals surface area (Å²) in [6.07, 6.45) is 2.41. The van der Waals surface area contributed by atoms with Gasteiger partial charge in [0.25, 0.3) is 0 Å². The average Bonchev–Trinajstić information content (AvgIpc) is 3.00. The van der Waals surface area contributed by atoms with E-state index in [1.54, 1.807) is 4.90 Å². The van der Waals surface area contributed by atoms with Crippen LogP contribution >= 0.6 is 11.3 Å². The molecule has 116 valence electrons. The molecule has 1 aromatic heterocycles. The molecule has 2 heterocycles. The highest BCUT2D eigenvalue weighted by Gasteiger charge is 2.27. The Balaban J connectivity index is 1.77. The number of anilines is 1. The van der Waals surface area contributed by atoms with Gasteiger partial charge in [-0.3, -0.25) is 10.1 Å². The fraction of sp³-hybridized carbons (Fsp3) is 0.600. The minimum atomic E-state index is -0.0711. The number of carbonyl (C=O) groups is 2. The van der Waals surface area contributed by atoms with Gasteiger partial charge in [-0.1, -0.05) is 6.92 Å². The van der Waals surface area contributed by atoms with E-state index in [0.29, 0.717) is 13.1 Å². The van der Waals surface area contributed by atoms with Crippen LogP contribution in [-0.4, -0.2) is 36.0 Å². The Labute approximate surface area is 129 Å². The van der Waals surface area contributed by atoms with E-state index in [4.69, 9.17) is 0 Å². The lowest BCUT2D eigenvalue weighted by Crippen LogP contribution is -2.45. The van der Waals surface area contributed by atoms with Gasteiger partial charge in [0.05, 0.1) is 5.00 Å². The molecule has 0 radical (unpaired) electrons. The summed E-state index contributed by atoms with van der Waals surface area (Å²) in [5.41, 5.74) is 0. The SMILES string of the molecule is CCC(C)NC(=O)C1CCN(C(=O)Nc2cccs2)CC1. The summed E-state index contributed by atoms with van der Waals surface area (Å²) in [5, 5.41) is 8.69. The van der Waals surface area contributed by atoms with Crippen molar-refractivity contribution in [3.8, 4) is 0 Å². The largest absolute Gasteiger partial charge is 0.353 e. The van der Waals surface area contributed by atoms with E-state index in [0.717, 1.165) is 24.3 Å². The van der Waals surface area contributed by atoms with E-state index in [2.05, 4.69) is 17.6 Å². The van der Waals surface area contributed by atoms with Crippen molar-refractivity contribution in [1.29, 1.82) is 0 Å². The number of nitrogens with one attached hydrogen (secondary N) is 2. The van der Waals surface area contributed by atoms with Gasteiger partial charge in [-0.15, -0.1) is 11.3 Å². The molecular formula is C15H23N3O2S. The second-order valence-electron chi connectivity index (χ2n) is 5.49. The van der Waals surface area contributed by atoms with Crippen molar-refractivity contribution in [3.63, 3.8) is 0 Å². The number of carbonyl (C=O) groups excluding carboxylic acids is 2. The van der Waals surface area contributed by atoms with Gasteiger partial charge in [-0.25, -0.2) is 4.79 Å². The number of hydrogen-bond donors (Lipinski definition) is 2. The van der Waals surface area contributed by atoms with Crippen LogP contribution in [-0.2, 0) is 4.79 Å². The van der Waals surface area contributed by atoms with Gasteiger partial charge in [-0.2, -0.15) is 0 Å². The van der Waals surface area contributed by atoms with Crippen molar-refractivity contribution in [3.05, 3.63) is 17.5 Å². The Kier molecular flexibility index (Phi) is 5.61. The van der Waals surface area contributed by atoms with Gasteiger partial charge in [0.1, 0.15) is 0 Å². The quantitative estimate of drug-likeness (QED) is 0.898. The lowest BCUT2D eigenvalue weighted by molar-refractivity contribution is -0.126. The monoisotopic (exact) mass is 309 g/mol. The van der Waals surface area contributed by atoms with Crippen molar-refractivity contribution in [2.24, 2.45) is 5.92 Å². The van der Waals surface area contributed by atoms with Crippen LogP contribution in [0.5, 0.6) is 0 Å². The number of urea groups is 1. The summed E-state index contributed by atoms with van der Waals surface area (Å²) in [6.45, 7) is 5.34. The number of nitrogens with zero attached hydrogens (tertiary/aromatic N) is 1. The first kappa shape index (κ1) is 15.8.